The summed E-state index contributed by atoms with van der Waals surface area (Å²) in [6.07, 6.45) is 0. The Hall–Kier alpha value is -0.900. The molecule has 1 aromatic heterocycles. The van der Waals surface area contributed by atoms with E-state index < -0.39 is 12.0 Å². The molecule has 1 rings (SSSR count). The third-order valence-corrected chi connectivity index (χ3v) is 1.61. The number of halogens is 2. The van der Waals surface area contributed by atoms with E-state index in [-0.39, 0.29) is 5.76 Å². The van der Waals surface area contributed by atoms with Gasteiger partial charge in [-0.2, -0.15) is 0 Å². The summed E-state index contributed by atoms with van der Waals surface area (Å²) >= 11 is 0. The van der Waals surface area contributed by atoms with Crippen LogP contribution in [0.15, 0.2) is 16.5 Å². The van der Waals surface area contributed by atoms with Crippen LogP contribution in [0.25, 0.3) is 0 Å². The van der Waals surface area contributed by atoms with Gasteiger partial charge in [0, 0.05) is 6.92 Å². The lowest BCUT2D eigenvalue weighted by Gasteiger charge is -2.16. The first-order valence-corrected chi connectivity index (χ1v) is 3.61. The molecule has 2 nitrogen and oxygen atoms in total. The molecule has 2 N–H and O–H groups in total. The van der Waals surface area contributed by atoms with Crippen LogP contribution in [0.2, 0.25) is 0 Å². The smallest absolute Gasteiger partial charge is 0.267 e. The van der Waals surface area contributed by atoms with Crippen molar-refractivity contribution in [3.63, 3.8) is 0 Å². The molecule has 0 fully saturated rings. The summed E-state index contributed by atoms with van der Waals surface area (Å²) in [5.74, 6) is -2.23. The molecule has 4 heteroatoms. The quantitative estimate of drug-likeness (QED) is 0.748. The molecule has 68 valence electrons. The Bertz CT molecular complexity index is 264. The Morgan fingerprint density at radius 1 is 1.50 bits per heavy atom. The van der Waals surface area contributed by atoms with Crippen molar-refractivity contribution < 1.29 is 13.2 Å². The van der Waals surface area contributed by atoms with Crippen LogP contribution in [0, 0.1) is 6.92 Å². The standard InChI is InChI=1S/C8H11F2NO/c1-5-3-4-6(12-5)7(11)8(2,9)10/h3-4,7H,11H2,1-2H3. The maximum absolute atomic E-state index is 12.6. The van der Waals surface area contributed by atoms with E-state index >= 15 is 0 Å². The monoisotopic (exact) mass is 175 g/mol. The molecule has 0 aliphatic carbocycles. The number of alkyl halides is 2. The first-order valence-electron chi connectivity index (χ1n) is 3.61. The van der Waals surface area contributed by atoms with Gasteiger partial charge in [-0.3, -0.25) is 0 Å². The second-order valence-corrected chi connectivity index (χ2v) is 2.88. The van der Waals surface area contributed by atoms with E-state index in [0.29, 0.717) is 5.76 Å². The molecule has 1 atom stereocenters. The Morgan fingerprint density at radius 2 is 2.08 bits per heavy atom. The van der Waals surface area contributed by atoms with Gasteiger partial charge in [0.1, 0.15) is 17.6 Å². The van der Waals surface area contributed by atoms with Gasteiger partial charge in [-0.1, -0.05) is 0 Å². The van der Waals surface area contributed by atoms with Gasteiger partial charge in [0.05, 0.1) is 0 Å². The number of furan rings is 1. The number of rotatable bonds is 2. The highest BCUT2D eigenvalue weighted by molar-refractivity contribution is 5.11. The molecule has 0 saturated carbocycles. The molecule has 1 unspecified atom stereocenters. The van der Waals surface area contributed by atoms with Gasteiger partial charge in [-0.15, -0.1) is 0 Å². The average molecular weight is 175 g/mol. The fourth-order valence-corrected chi connectivity index (χ4v) is 0.870. The largest absolute Gasteiger partial charge is 0.464 e. The van der Waals surface area contributed by atoms with E-state index in [1.807, 2.05) is 0 Å². The Kier molecular flexibility index (Phi) is 2.19. The molecule has 1 heterocycles. The third kappa shape index (κ3) is 1.82. The van der Waals surface area contributed by atoms with Crippen molar-refractivity contribution >= 4 is 0 Å². The molecule has 0 aliphatic heterocycles. The summed E-state index contributed by atoms with van der Waals surface area (Å²) in [4.78, 5) is 0. The summed E-state index contributed by atoms with van der Waals surface area (Å²) in [5.41, 5.74) is 5.24. The van der Waals surface area contributed by atoms with E-state index in [1.165, 1.54) is 6.07 Å². The number of hydrogen-bond acceptors (Lipinski definition) is 2. The zero-order valence-electron chi connectivity index (χ0n) is 6.97. The van der Waals surface area contributed by atoms with Crippen molar-refractivity contribution in [1.82, 2.24) is 0 Å². The topological polar surface area (TPSA) is 39.2 Å². The second-order valence-electron chi connectivity index (χ2n) is 2.88. The summed E-state index contributed by atoms with van der Waals surface area (Å²) in [6, 6.07) is 1.73. The van der Waals surface area contributed by atoms with E-state index in [1.54, 1.807) is 13.0 Å². The van der Waals surface area contributed by atoms with Crippen LogP contribution < -0.4 is 5.73 Å². The van der Waals surface area contributed by atoms with Crippen molar-refractivity contribution in [2.24, 2.45) is 5.73 Å². The lowest BCUT2D eigenvalue weighted by Crippen LogP contribution is -2.29. The minimum Gasteiger partial charge on any atom is -0.464 e. The van der Waals surface area contributed by atoms with Crippen molar-refractivity contribution in [3.05, 3.63) is 23.7 Å². The summed E-state index contributed by atoms with van der Waals surface area (Å²) < 4.78 is 30.2. The molecule has 0 spiro atoms. The molecule has 1 aromatic rings. The van der Waals surface area contributed by atoms with E-state index in [0.717, 1.165) is 6.92 Å². The van der Waals surface area contributed by atoms with E-state index in [2.05, 4.69) is 0 Å². The zero-order valence-corrected chi connectivity index (χ0v) is 6.97. The van der Waals surface area contributed by atoms with Crippen LogP contribution in [-0.4, -0.2) is 5.92 Å². The minimum atomic E-state index is -2.94. The van der Waals surface area contributed by atoms with Crippen LogP contribution >= 0.6 is 0 Å². The molecule has 0 radical (unpaired) electrons. The molecule has 0 aromatic carbocycles. The average Bonchev–Trinajstić information content (AvgIpc) is 2.32. The van der Waals surface area contributed by atoms with Crippen LogP contribution in [0.4, 0.5) is 8.78 Å². The summed E-state index contributed by atoms with van der Waals surface area (Å²) in [7, 11) is 0. The summed E-state index contributed by atoms with van der Waals surface area (Å²) in [5, 5.41) is 0. The van der Waals surface area contributed by atoms with Crippen LogP contribution in [0.3, 0.4) is 0 Å². The van der Waals surface area contributed by atoms with Crippen LogP contribution in [-0.2, 0) is 0 Å². The van der Waals surface area contributed by atoms with Gasteiger partial charge < -0.3 is 10.2 Å². The van der Waals surface area contributed by atoms with Gasteiger partial charge in [0.2, 0.25) is 0 Å². The van der Waals surface area contributed by atoms with Gasteiger partial charge in [0.15, 0.2) is 0 Å². The SMILES string of the molecule is Cc1ccc(C(N)C(C)(F)F)o1. The van der Waals surface area contributed by atoms with Gasteiger partial charge in [-0.25, -0.2) is 8.78 Å². The van der Waals surface area contributed by atoms with Gasteiger partial charge in [-0.05, 0) is 19.1 Å². The molecule has 0 bridgehead atoms. The maximum atomic E-state index is 12.6. The molecule has 0 aliphatic rings. The lowest BCUT2D eigenvalue weighted by atomic mass is 10.1. The Balaban J connectivity index is 2.85. The maximum Gasteiger partial charge on any atom is 0.267 e. The highest BCUT2D eigenvalue weighted by atomic mass is 19.3. The molecular weight excluding hydrogens is 164 g/mol. The Morgan fingerprint density at radius 3 is 2.42 bits per heavy atom. The highest BCUT2D eigenvalue weighted by Gasteiger charge is 2.34. The highest BCUT2D eigenvalue weighted by Crippen LogP contribution is 2.29. The molecule has 0 amide bonds. The van der Waals surface area contributed by atoms with E-state index in [9.17, 15) is 8.78 Å². The lowest BCUT2D eigenvalue weighted by molar-refractivity contribution is -0.0126. The van der Waals surface area contributed by atoms with E-state index in [4.69, 9.17) is 10.2 Å². The number of aryl methyl sites for hydroxylation is 1. The first kappa shape index (κ1) is 9.19. The van der Waals surface area contributed by atoms with Crippen LogP contribution in [0.5, 0.6) is 0 Å². The second kappa shape index (κ2) is 2.86. The van der Waals surface area contributed by atoms with Crippen molar-refractivity contribution in [2.45, 2.75) is 25.8 Å². The first-order chi connectivity index (χ1) is 5.41. The summed E-state index contributed by atoms with van der Waals surface area (Å²) in [6.45, 7) is 2.46. The molecular formula is C8H11F2NO. The fourth-order valence-electron chi connectivity index (χ4n) is 0.870. The zero-order chi connectivity index (χ0) is 9.35. The predicted octanol–water partition coefficient (Wildman–Crippen LogP) is 2.24. The minimum absolute atomic E-state index is 0.125. The van der Waals surface area contributed by atoms with Crippen LogP contribution in [0.1, 0.15) is 24.5 Å². The number of nitrogens with two attached hydrogens (primary N) is 1. The molecule has 0 saturated heterocycles. The van der Waals surface area contributed by atoms with Crippen molar-refractivity contribution in [3.8, 4) is 0 Å². The third-order valence-electron chi connectivity index (χ3n) is 1.61. The van der Waals surface area contributed by atoms with Crippen molar-refractivity contribution in [1.29, 1.82) is 0 Å². The van der Waals surface area contributed by atoms with Gasteiger partial charge >= 0.3 is 0 Å². The Labute approximate surface area is 69.4 Å². The van der Waals surface area contributed by atoms with Gasteiger partial charge in [0.25, 0.3) is 5.92 Å². The number of hydrogen-bond donors (Lipinski definition) is 1. The molecule has 12 heavy (non-hydrogen) atoms. The fraction of sp³-hybridized carbons (Fsp3) is 0.500. The predicted molar refractivity (Wildman–Crippen MR) is 41.0 cm³/mol. The van der Waals surface area contributed by atoms with Crippen molar-refractivity contribution in [2.75, 3.05) is 0 Å². The normalized spacial score (nSPS) is 14.8.